The first kappa shape index (κ1) is 24.3. The molecule has 204 valence electrons. The second kappa shape index (κ2) is 8.83. The van der Waals surface area contributed by atoms with Crippen LogP contribution in [-0.4, -0.2) is 9.13 Å². The van der Waals surface area contributed by atoms with E-state index in [-0.39, 0.29) is 5.41 Å². The summed E-state index contributed by atoms with van der Waals surface area (Å²) < 4.78 is 4.72. The van der Waals surface area contributed by atoms with Gasteiger partial charge in [0.2, 0.25) is 0 Å². The molecule has 0 N–H and O–H groups in total. The molecule has 9 rings (SSSR count). The number of para-hydroxylation sites is 2. The zero-order chi connectivity index (χ0) is 28.7. The van der Waals surface area contributed by atoms with Crippen molar-refractivity contribution in [1.29, 1.82) is 0 Å². The number of aromatic nitrogens is 2. The first-order valence-electron chi connectivity index (χ1n) is 15.0. The molecular weight excluding hydrogens is 520 g/mol. The third-order valence-corrected chi connectivity index (χ3v) is 9.58. The summed E-state index contributed by atoms with van der Waals surface area (Å²) in [5.74, 6) is 0. The number of rotatable bonds is 3. The van der Waals surface area contributed by atoms with Crippen molar-refractivity contribution in [3.63, 3.8) is 0 Å². The van der Waals surface area contributed by atoms with Gasteiger partial charge in [-0.2, -0.15) is 0 Å². The molecule has 2 aromatic heterocycles. The Kier molecular flexibility index (Phi) is 4.99. The van der Waals surface area contributed by atoms with Gasteiger partial charge in [-0.25, -0.2) is 0 Å². The highest BCUT2D eigenvalue weighted by atomic mass is 15.0. The van der Waals surface area contributed by atoms with E-state index >= 15 is 0 Å². The highest BCUT2D eigenvalue weighted by Crippen LogP contribution is 2.49. The van der Waals surface area contributed by atoms with E-state index in [1.54, 1.807) is 0 Å². The molecule has 2 nitrogen and oxygen atoms in total. The Balaban J connectivity index is 1.15. The quantitative estimate of drug-likeness (QED) is 0.207. The molecule has 1 aliphatic rings. The van der Waals surface area contributed by atoms with Crippen LogP contribution < -0.4 is 0 Å². The second-order valence-electron chi connectivity index (χ2n) is 12.2. The van der Waals surface area contributed by atoms with Crippen LogP contribution in [-0.2, 0) is 5.41 Å². The lowest BCUT2D eigenvalue weighted by Gasteiger charge is -2.22. The van der Waals surface area contributed by atoms with Gasteiger partial charge in [0.25, 0.3) is 0 Å². The minimum absolute atomic E-state index is 0.000511. The smallest absolute Gasteiger partial charge is 0.0635 e. The first-order valence-corrected chi connectivity index (χ1v) is 15.0. The Labute approximate surface area is 251 Å². The van der Waals surface area contributed by atoms with Crippen molar-refractivity contribution < 1.29 is 0 Å². The SMILES string of the molecule is CC1(C)c2ccccc2-c2ccc(-c3ccc(-n4ccc5c4ccc4c6ccccc6n(-c6ccccc6)c45)cc3)cc21. The third-order valence-electron chi connectivity index (χ3n) is 9.58. The van der Waals surface area contributed by atoms with Gasteiger partial charge in [0.05, 0.1) is 16.6 Å². The van der Waals surface area contributed by atoms with Gasteiger partial charge in [-0.05, 0) is 81.9 Å². The summed E-state index contributed by atoms with van der Waals surface area (Å²) in [5, 5.41) is 3.81. The summed E-state index contributed by atoms with van der Waals surface area (Å²) in [6.45, 7) is 4.69. The summed E-state index contributed by atoms with van der Waals surface area (Å²) in [5.41, 5.74) is 14.1. The molecule has 0 aliphatic heterocycles. The van der Waals surface area contributed by atoms with E-state index in [0.717, 1.165) is 5.69 Å². The largest absolute Gasteiger partial charge is 0.316 e. The highest BCUT2D eigenvalue weighted by molar-refractivity contribution is 6.18. The summed E-state index contributed by atoms with van der Waals surface area (Å²) >= 11 is 0. The monoisotopic (exact) mass is 550 g/mol. The molecule has 0 atom stereocenters. The van der Waals surface area contributed by atoms with Crippen LogP contribution in [0, 0.1) is 0 Å². The maximum absolute atomic E-state index is 2.41. The van der Waals surface area contributed by atoms with Crippen LogP contribution in [0.4, 0.5) is 0 Å². The van der Waals surface area contributed by atoms with E-state index in [9.17, 15) is 0 Å². The lowest BCUT2D eigenvalue weighted by molar-refractivity contribution is 0.660. The molecule has 0 saturated heterocycles. The summed E-state index contributed by atoms with van der Waals surface area (Å²) in [6, 6.07) is 51.1. The summed E-state index contributed by atoms with van der Waals surface area (Å²) in [6.07, 6.45) is 2.21. The fraction of sp³-hybridized carbons (Fsp3) is 0.0732. The molecule has 8 aromatic rings. The first-order chi connectivity index (χ1) is 21.1. The van der Waals surface area contributed by atoms with E-state index in [2.05, 4.69) is 169 Å². The lowest BCUT2D eigenvalue weighted by Crippen LogP contribution is -2.14. The Bertz CT molecular complexity index is 2350. The van der Waals surface area contributed by atoms with Gasteiger partial charge in [0, 0.05) is 39.1 Å². The molecular formula is C41H30N2. The third kappa shape index (κ3) is 3.41. The minimum Gasteiger partial charge on any atom is -0.316 e. The maximum atomic E-state index is 2.41. The number of nitrogens with zero attached hydrogens (tertiary/aromatic N) is 2. The van der Waals surface area contributed by atoms with Crippen LogP contribution in [0.2, 0.25) is 0 Å². The van der Waals surface area contributed by atoms with Crippen LogP contribution in [0.15, 0.2) is 146 Å². The van der Waals surface area contributed by atoms with Crippen LogP contribution >= 0.6 is 0 Å². The molecule has 0 spiro atoms. The van der Waals surface area contributed by atoms with E-state index < -0.39 is 0 Å². The Morgan fingerprint density at radius 2 is 1.19 bits per heavy atom. The lowest BCUT2D eigenvalue weighted by atomic mass is 9.81. The Morgan fingerprint density at radius 3 is 2.05 bits per heavy atom. The van der Waals surface area contributed by atoms with Gasteiger partial charge in [-0.15, -0.1) is 0 Å². The zero-order valence-corrected chi connectivity index (χ0v) is 24.3. The van der Waals surface area contributed by atoms with Gasteiger partial charge in [0.1, 0.15) is 0 Å². The fourth-order valence-corrected chi connectivity index (χ4v) is 7.44. The molecule has 43 heavy (non-hydrogen) atoms. The Morgan fingerprint density at radius 1 is 0.465 bits per heavy atom. The Hall–Kier alpha value is -5.34. The van der Waals surface area contributed by atoms with E-state index in [1.807, 2.05) is 0 Å². The second-order valence-corrected chi connectivity index (χ2v) is 12.2. The highest BCUT2D eigenvalue weighted by Gasteiger charge is 2.35. The topological polar surface area (TPSA) is 9.86 Å². The summed E-state index contributed by atoms with van der Waals surface area (Å²) in [4.78, 5) is 0. The molecule has 0 unspecified atom stereocenters. The van der Waals surface area contributed by atoms with Crippen molar-refractivity contribution in [3.05, 3.63) is 157 Å². The van der Waals surface area contributed by atoms with E-state index in [1.165, 1.54) is 71.8 Å². The zero-order valence-electron chi connectivity index (χ0n) is 24.3. The maximum Gasteiger partial charge on any atom is 0.0635 e. The molecule has 6 aromatic carbocycles. The van der Waals surface area contributed by atoms with Gasteiger partial charge in [-0.3, -0.25) is 0 Å². The van der Waals surface area contributed by atoms with Gasteiger partial charge >= 0.3 is 0 Å². The standard InChI is InChI=1S/C41H30N2/c1-41(2)36-14-8-6-12-31(36)32-21-18-28(26-37(32)41)27-16-19-29(20-17-27)42-25-24-35-38(42)23-22-34-33-13-7-9-15-39(33)43(40(34)35)30-10-4-3-5-11-30/h3-26H,1-2H3. The van der Waals surface area contributed by atoms with Crippen molar-refractivity contribution in [3.8, 4) is 33.6 Å². The van der Waals surface area contributed by atoms with Crippen molar-refractivity contribution >= 4 is 32.7 Å². The average molecular weight is 551 g/mol. The predicted molar refractivity (Wildman–Crippen MR) is 181 cm³/mol. The van der Waals surface area contributed by atoms with Gasteiger partial charge < -0.3 is 9.13 Å². The van der Waals surface area contributed by atoms with Crippen LogP contribution in [0.25, 0.3) is 66.3 Å². The molecule has 2 heteroatoms. The van der Waals surface area contributed by atoms with Gasteiger partial charge in [-0.1, -0.05) is 105 Å². The summed E-state index contributed by atoms with van der Waals surface area (Å²) in [7, 11) is 0. The van der Waals surface area contributed by atoms with Crippen LogP contribution in [0.1, 0.15) is 25.0 Å². The van der Waals surface area contributed by atoms with Crippen LogP contribution in [0.5, 0.6) is 0 Å². The molecule has 0 amide bonds. The number of hydrogen-bond donors (Lipinski definition) is 0. The van der Waals surface area contributed by atoms with Crippen molar-refractivity contribution in [2.24, 2.45) is 0 Å². The van der Waals surface area contributed by atoms with Crippen LogP contribution in [0.3, 0.4) is 0 Å². The number of benzene rings is 6. The average Bonchev–Trinajstić information content (AvgIpc) is 3.70. The van der Waals surface area contributed by atoms with Crippen molar-refractivity contribution in [1.82, 2.24) is 9.13 Å². The molecule has 0 bridgehead atoms. The van der Waals surface area contributed by atoms with Gasteiger partial charge in [0.15, 0.2) is 0 Å². The molecule has 2 heterocycles. The molecule has 0 saturated carbocycles. The van der Waals surface area contributed by atoms with Crippen molar-refractivity contribution in [2.45, 2.75) is 19.3 Å². The molecule has 0 fully saturated rings. The fourth-order valence-electron chi connectivity index (χ4n) is 7.44. The molecule has 0 radical (unpaired) electrons. The molecule has 1 aliphatic carbocycles. The number of hydrogen-bond acceptors (Lipinski definition) is 0. The predicted octanol–water partition coefficient (Wildman–Crippen LogP) is 10.7. The normalized spacial score (nSPS) is 13.5. The van der Waals surface area contributed by atoms with Crippen molar-refractivity contribution in [2.75, 3.05) is 0 Å². The van der Waals surface area contributed by atoms with E-state index in [4.69, 9.17) is 0 Å². The van der Waals surface area contributed by atoms with E-state index in [0.29, 0.717) is 0 Å². The number of fused-ring (bicyclic) bond motifs is 8. The minimum atomic E-state index is -0.000511.